The quantitative estimate of drug-likeness (QED) is 0.0660. The van der Waals surface area contributed by atoms with Crippen LogP contribution in [0.15, 0.2) is 0 Å². The summed E-state index contributed by atoms with van der Waals surface area (Å²) in [5, 5.41) is 0. The molecule has 0 aliphatic rings. The first kappa shape index (κ1) is 36.5. The fourth-order valence-corrected chi connectivity index (χ4v) is 47.4. The summed E-state index contributed by atoms with van der Waals surface area (Å²) in [6.45, 7) is 20.5. The van der Waals surface area contributed by atoms with Crippen LogP contribution in [0.25, 0.3) is 0 Å². The van der Waals surface area contributed by atoms with E-state index in [1.54, 1.807) is 0 Å². The van der Waals surface area contributed by atoms with Crippen LogP contribution in [-0.4, -0.2) is 51.6 Å². The van der Waals surface area contributed by atoms with Crippen molar-refractivity contribution in [2.24, 2.45) is 11.8 Å². The van der Waals surface area contributed by atoms with Crippen molar-refractivity contribution >= 4 is 38.4 Å². The van der Waals surface area contributed by atoms with Gasteiger partial charge in [-0.05, 0) is 0 Å². The Balaban J connectivity index is 5.70. The average molecular weight is 712 g/mol. The van der Waals surface area contributed by atoms with Gasteiger partial charge in [-0.25, -0.2) is 0 Å². The summed E-state index contributed by atoms with van der Waals surface area (Å²) in [6.07, 6.45) is 17.6. The van der Waals surface area contributed by atoms with Crippen LogP contribution in [0.1, 0.15) is 145 Å². The van der Waals surface area contributed by atoms with Crippen LogP contribution in [0.3, 0.4) is 0 Å². The SMILES string of the molecule is CCC[CH2][Sn]([CH2]CCC)([O]CCCCC(C)C)[O][Sn]([CH2]CCC)([CH2]CCC)[O]CCCCC(C)C. The molecule has 0 saturated carbocycles. The molecule has 0 radical (unpaired) electrons. The van der Waals surface area contributed by atoms with Gasteiger partial charge in [0.15, 0.2) is 0 Å². The van der Waals surface area contributed by atoms with Crippen LogP contribution in [0.5, 0.6) is 0 Å². The molecule has 0 bridgehead atoms. The first-order valence-electron chi connectivity index (χ1n) is 15.8. The molecule has 5 heteroatoms. The van der Waals surface area contributed by atoms with Gasteiger partial charge in [0, 0.05) is 0 Å². The molecule has 0 saturated heterocycles. The Kier molecular flexibility index (Phi) is 24.4. The number of rotatable bonds is 26. The molecule has 0 unspecified atom stereocenters. The van der Waals surface area contributed by atoms with Crippen molar-refractivity contribution in [3.63, 3.8) is 0 Å². The second-order valence-corrected chi connectivity index (χ2v) is 34.1. The molecule has 0 aliphatic carbocycles. The summed E-state index contributed by atoms with van der Waals surface area (Å²) < 4.78 is 26.7. The van der Waals surface area contributed by atoms with E-state index in [9.17, 15) is 0 Å². The molecule has 0 aromatic rings. The van der Waals surface area contributed by atoms with Crippen LogP contribution < -0.4 is 0 Å². The molecule has 0 rings (SSSR count). The van der Waals surface area contributed by atoms with E-state index in [1.807, 2.05) is 0 Å². The first-order chi connectivity index (χ1) is 16.8. The Morgan fingerprint density at radius 1 is 0.457 bits per heavy atom. The third-order valence-corrected chi connectivity index (χ3v) is 40.4. The molecule has 0 aromatic heterocycles. The van der Waals surface area contributed by atoms with Gasteiger partial charge in [-0.3, -0.25) is 0 Å². The summed E-state index contributed by atoms with van der Waals surface area (Å²) in [7, 11) is 0. The van der Waals surface area contributed by atoms with Crippen molar-refractivity contribution in [3.8, 4) is 0 Å². The molecular weight excluding hydrogens is 646 g/mol. The van der Waals surface area contributed by atoms with Gasteiger partial charge < -0.3 is 0 Å². The van der Waals surface area contributed by atoms with E-state index in [-0.39, 0.29) is 0 Å². The number of unbranched alkanes of at least 4 members (excludes halogenated alkanes) is 6. The Labute approximate surface area is 232 Å². The van der Waals surface area contributed by atoms with Crippen LogP contribution >= 0.6 is 0 Å². The van der Waals surface area contributed by atoms with Crippen LogP contribution in [0, 0.1) is 11.8 Å². The molecule has 0 aliphatic heterocycles. The van der Waals surface area contributed by atoms with Crippen molar-refractivity contribution in [1.29, 1.82) is 0 Å². The average Bonchev–Trinajstić information content (AvgIpc) is 2.82. The normalized spacial score (nSPS) is 12.9. The van der Waals surface area contributed by atoms with Crippen molar-refractivity contribution in [3.05, 3.63) is 0 Å². The standard InChI is InChI=1S/2C7H15O.4C4H9.O.2Sn/c2*1-7(2)5-3-4-6-8;4*1-3-4-2;;;/h2*7H,3-6H2,1-2H3;4*1,3-4H2,2H3;;;/q2*-1;;;;;;2*+1. The molecule has 0 fully saturated rings. The molecule has 35 heavy (non-hydrogen) atoms. The third-order valence-electron chi connectivity index (χ3n) is 7.10. The molecule has 212 valence electrons. The van der Waals surface area contributed by atoms with Crippen molar-refractivity contribution in [1.82, 2.24) is 0 Å². The molecule has 0 heterocycles. The molecule has 0 atom stereocenters. The fourth-order valence-electron chi connectivity index (χ4n) is 4.75. The third kappa shape index (κ3) is 19.2. The Morgan fingerprint density at radius 2 is 0.771 bits per heavy atom. The zero-order valence-corrected chi connectivity index (χ0v) is 31.2. The maximum atomic E-state index is 7.67. The van der Waals surface area contributed by atoms with E-state index in [1.165, 1.54) is 108 Å². The van der Waals surface area contributed by atoms with Gasteiger partial charge >= 0.3 is 234 Å². The van der Waals surface area contributed by atoms with Gasteiger partial charge in [0.05, 0.1) is 0 Å². The second-order valence-electron chi connectivity index (χ2n) is 11.8. The monoisotopic (exact) mass is 714 g/mol. The Hall–Kier alpha value is 1.48. The Bertz CT molecular complexity index is 401. The first-order valence-corrected chi connectivity index (χ1v) is 28.5. The van der Waals surface area contributed by atoms with Gasteiger partial charge in [0.1, 0.15) is 0 Å². The van der Waals surface area contributed by atoms with Gasteiger partial charge in [0.25, 0.3) is 0 Å². The molecular formula is C30H66O3Sn2. The predicted molar refractivity (Wildman–Crippen MR) is 161 cm³/mol. The second kappa shape index (κ2) is 23.4. The Morgan fingerprint density at radius 3 is 1.03 bits per heavy atom. The van der Waals surface area contributed by atoms with E-state index in [2.05, 4.69) is 55.4 Å². The number of hydrogen-bond donors (Lipinski definition) is 0. The summed E-state index contributed by atoms with van der Waals surface area (Å²) >= 11 is -6.43. The summed E-state index contributed by atoms with van der Waals surface area (Å²) in [4.78, 5) is 0. The minimum atomic E-state index is -3.22. The van der Waals surface area contributed by atoms with Gasteiger partial charge in [-0.2, -0.15) is 0 Å². The maximum absolute atomic E-state index is 7.67. The van der Waals surface area contributed by atoms with Crippen molar-refractivity contribution < 1.29 is 7.56 Å². The number of hydrogen-bond acceptors (Lipinski definition) is 3. The van der Waals surface area contributed by atoms with Crippen LogP contribution in [0.4, 0.5) is 0 Å². The zero-order chi connectivity index (χ0) is 26.4. The van der Waals surface area contributed by atoms with Crippen LogP contribution in [-0.2, 0) is 7.56 Å². The van der Waals surface area contributed by atoms with E-state index in [0.717, 1.165) is 25.0 Å². The van der Waals surface area contributed by atoms with E-state index in [4.69, 9.17) is 7.56 Å². The van der Waals surface area contributed by atoms with E-state index in [0.29, 0.717) is 0 Å². The van der Waals surface area contributed by atoms with Gasteiger partial charge in [-0.1, -0.05) is 0 Å². The molecule has 0 N–H and O–H groups in total. The topological polar surface area (TPSA) is 27.7 Å². The fraction of sp³-hybridized carbons (Fsp3) is 1.00. The summed E-state index contributed by atoms with van der Waals surface area (Å²) in [6, 6.07) is 0. The zero-order valence-electron chi connectivity index (χ0n) is 25.5. The summed E-state index contributed by atoms with van der Waals surface area (Å²) in [5.41, 5.74) is 0. The molecule has 0 amide bonds. The van der Waals surface area contributed by atoms with Crippen molar-refractivity contribution in [2.45, 2.75) is 163 Å². The van der Waals surface area contributed by atoms with E-state index < -0.39 is 38.4 Å². The van der Waals surface area contributed by atoms with Crippen molar-refractivity contribution in [2.75, 3.05) is 13.2 Å². The van der Waals surface area contributed by atoms with Gasteiger partial charge in [-0.15, -0.1) is 0 Å². The van der Waals surface area contributed by atoms with E-state index >= 15 is 0 Å². The molecule has 0 spiro atoms. The van der Waals surface area contributed by atoms with Gasteiger partial charge in [0.2, 0.25) is 0 Å². The van der Waals surface area contributed by atoms with Crippen LogP contribution in [0.2, 0.25) is 17.7 Å². The summed E-state index contributed by atoms with van der Waals surface area (Å²) in [5.74, 6) is 1.58. The minimum absolute atomic E-state index is 0.788. The molecule has 3 nitrogen and oxygen atoms in total. The molecule has 0 aromatic carbocycles. The predicted octanol–water partition coefficient (Wildman–Crippen LogP) is 10.8.